The molecule has 0 aromatic heterocycles. The molecule has 2 aliphatic rings. The number of sulfonamides is 1. The fraction of sp³-hybridized carbons (Fsp3) is 0.300. The third-order valence-corrected chi connectivity index (χ3v) is 6.47. The van der Waals surface area contributed by atoms with Gasteiger partial charge in [-0.25, -0.2) is 13.1 Å². The van der Waals surface area contributed by atoms with Crippen LogP contribution in [0.3, 0.4) is 0 Å². The van der Waals surface area contributed by atoms with Crippen molar-refractivity contribution >= 4 is 16.1 Å². The highest BCUT2D eigenvalue weighted by atomic mass is 32.2. The van der Waals surface area contributed by atoms with Crippen LogP contribution in [0, 0.1) is 5.92 Å². The van der Waals surface area contributed by atoms with Gasteiger partial charge in [0.1, 0.15) is 0 Å². The first kappa shape index (κ1) is 15.6. The van der Waals surface area contributed by atoms with E-state index in [0.29, 0.717) is 17.2 Å². The summed E-state index contributed by atoms with van der Waals surface area (Å²) in [5.41, 5.74) is 3.30. The largest absolute Gasteiger partial charge is 0.237 e. The van der Waals surface area contributed by atoms with Gasteiger partial charge < -0.3 is 0 Å². The summed E-state index contributed by atoms with van der Waals surface area (Å²) in [6.45, 7) is 0. The van der Waals surface area contributed by atoms with Crippen LogP contribution in [0.15, 0.2) is 59.5 Å². The minimum atomic E-state index is -3.47. The Hall–Kier alpha value is -1.91. The Morgan fingerprint density at radius 1 is 0.917 bits per heavy atom. The van der Waals surface area contributed by atoms with Gasteiger partial charge >= 0.3 is 0 Å². The molecule has 1 N–H and O–H groups in total. The second kappa shape index (κ2) is 6.19. The van der Waals surface area contributed by atoms with E-state index < -0.39 is 10.0 Å². The van der Waals surface area contributed by atoms with Gasteiger partial charge in [-0.3, -0.25) is 0 Å². The minimum Gasteiger partial charge on any atom is -0.207 e. The second-order valence-electron chi connectivity index (χ2n) is 6.66. The van der Waals surface area contributed by atoms with Crippen molar-refractivity contribution in [2.75, 3.05) is 0 Å². The van der Waals surface area contributed by atoms with Gasteiger partial charge in [0.15, 0.2) is 0 Å². The molecule has 2 aromatic carbocycles. The minimum absolute atomic E-state index is 0.116. The van der Waals surface area contributed by atoms with E-state index in [1.165, 1.54) is 5.56 Å². The third kappa shape index (κ3) is 3.17. The molecule has 0 unspecified atom stereocenters. The quantitative estimate of drug-likeness (QED) is 0.893. The molecule has 24 heavy (non-hydrogen) atoms. The molecule has 4 heteroatoms. The van der Waals surface area contributed by atoms with Gasteiger partial charge in [-0.05, 0) is 54.4 Å². The number of benzene rings is 2. The van der Waals surface area contributed by atoms with E-state index in [1.807, 2.05) is 54.6 Å². The molecule has 0 heterocycles. The Bertz CT molecular complexity index is 868. The first-order valence-electron chi connectivity index (χ1n) is 8.49. The van der Waals surface area contributed by atoms with Gasteiger partial charge in [-0.1, -0.05) is 54.6 Å². The van der Waals surface area contributed by atoms with E-state index in [9.17, 15) is 8.42 Å². The topological polar surface area (TPSA) is 46.2 Å². The molecule has 1 fully saturated rings. The van der Waals surface area contributed by atoms with Crippen LogP contribution in [0.4, 0.5) is 0 Å². The average molecular weight is 339 g/mol. The molecule has 124 valence electrons. The lowest BCUT2D eigenvalue weighted by atomic mass is 9.98. The molecule has 1 saturated carbocycles. The smallest absolute Gasteiger partial charge is 0.207 e. The molecule has 3 nitrogen and oxygen atoms in total. The normalized spacial score (nSPS) is 18.6. The molecular formula is C20H21NO2S. The van der Waals surface area contributed by atoms with Crippen molar-refractivity contribution in [1.82, 2.24) is 4.72 Å². The highest BCUT2D eigenvalue weighted by Crippen LogP contribution is 2.42. The Labute approximate surface area is 143 Å². The van der Waals surface area contributed by atoms with Crippen LogP contribution in [0.5, 0.6) is 0 Å². The molecule has 0 bridgehead atoms. The lowest BCUT2D eigenvalue weighted by molar-refractivity contribution is 0.532. The van der Waals surface area contributed by atoms with Gasteiger partial charge in [0, 0.05) is 6.04 Å². The van der Waals surface area contributed by atoms with E-state index in [0.717, 1.165) is 30.4 Å². The maximum atomic E-state index is 12.9. The summed E-state index contributed by atoms with van der Waals surface area (Å²) in [5, 5.41) is 0. The van der Waals surface area contributed by atoms with Crippen LogP contribution >= 0.6 is 0 Å². The zero-order valence-electron chi connectivity index (χ0n) is 13.5. The summed E-state index contributed by atoms with van der Waals surface area (Å²) in [6.07, 6.45) is 5.35. The van der Waals surface area contributed by atoms with Crippen molar-refractivity contribution in [3.8, 4) is 0 Å². The van der Waals surface area contributed by atoms with E-state index in [1.54, 1.807) is 0 Å². The summed E-state index contributed by atoms with van der Waals surface area (Å²) in [5.74, 6) is 0.415. The number of allylic oxidation sites excluding steroid dienone is 1. The second-order valence-corrected chi connectivity index (χ2v) is 8.42. The van der Waals surface area contributed by atoms with Gasteiger partial charge in [-0.2, -0.15) is 0 Å². The molecule has 0 spiro atoms. The molecular weight excluding hydrogens is 318 g/mol. The van der Waals surface area contributed by atoms with Crippen molar-refractivity contribution in [2.45, 2.75) is 31.7 Å². The molecule has 0 saturated heterocycles. The molecule has 0 radical (unpaired) electrons. The fourth-order valence-electron chi connectivity index (χ4n) is 3.39. The number of nitrogens with one attached hydrogen (secondary N) is 1. The highest BCUT2D eigenvalue weighted by molar-refractivity contribution is 7.93. The van der Waals surface area contributed by atoms with Crippen molar-refractivity contribution in [3.63, 3.8) is 0 Å². The Kier molecular flexibility index (Phi) is 4.02. The third-order valence-electron chi connectivity index (χ3n) is 4.89. The summed E-state index contributed by atoms with van der Waals surface area (Å²) >= 11 is 0. The standard InChI is InChI=1S/C20H21NO2S/c22-24(23,19-13-12-15-6-4-5-9-18(15)14-19)21-20(17-10-11-17)16-7-2-1-3-8-16/h1-9,14,17,20-21H,10-13H2/t20-/m0/s1. The average Bonchev–Trinajstić information content (AvgIpc) is 3.45. The van der Waals surface area contributed by atoms with E-state index >= 15 is 0 Å². The lowest BCUT2D eigenvalue weighted by Crippen LogP contribution is -2.31. The maximum Gasteiger partial charge on any atom is 0.237 e. The molecule has 0 amide bonds. The highest BCUT2D eigenvalue weighted by Gasteiger charge is 2.36. The number of rotatable bonds is 5. The summed E-state index contributed by atoms with van der Waals surface area (Å²) in [7, 11) is -3.47. The van der Waals surface area contributed by atoms with Gasteiger partial charge in [0.05, 0.1) is 4.91 Å². The predicted molar refractivity (Wildman–Crippen MR) is 96.7 cm³/mol. The Balaban J connectivity index is 1.62. The van der Waals surface area contributed by atoms with Crippen molar-refractivity contribution < 1.29 is 8.42 Å². The molecule has 2 aromatic rings. The van der Waals surface area contributed by atoms with Crippen LogP contribution in [-0.4, -0.2) is 8.42 Å². The monoisotopic (exact) mass is 339 g/mol. The van der Waals surface area contributed by atoms with E-state index in [4.69, 9.17) is 0 Å². The lowest BCUT2D eigenvalue weighted by Gasteiger charge is -2.22. The maximum absolute atomic E-state index is 12.9. The summed E-state index contributed by atoms with van der Waals surface area (Å²) in [4.78, 5) is 0.503. The van der Waals surface area contributed by atoms with Crippen LogP contribution < -0.4 is 4.72 Å². The number of hydrogen-bond donors (Lipinski definition) is 1. The first-order valence-corrected chi connectivity index (χ1v) is 9.97. The first-order chi connectivity index (χ1) is 11.6. The Morgan fingerprint density at radius 2 is 1.62 bits per heavy atom. The van der Waals surface area contributed by atoms with Crippen molar-refractivity contribution in [3.05, 3.63) is 76.2 Å². The van der Waals surface area contributed by atoms with Gasteiger partial charge in [0.25, 0.3) is 0 Å². The van der Waals surface area contributed by atoms with Gasteiger partial charge in [0.2, 0.25) is 10.0 Å². The number of fused-ring (bicyclic) bond motifs is 1. The van der Waals surface area contributed by atoms with Crippen molar-refractivity contribution in [1.29, 1.82) is 0 Å². The van der Waals surface area contributed by atoms with Gasteiger partial charge in [-0.15, -0.1) is 0 Å². The van der Waals surface area contributed by atoms with Crippen LogP contribution in [0.2, 0.25) is 0 Å². The van der Waals surface area contributed by atoms with Crippen LogP contribution in [0.1, 0.15) is 42.0 Å². The molecule has 2 aliphatic carbocycles. The predicted octanol–water partition coefficient (Wildman–Crippen LogP) is 4.04. The van der Waals surface area contributed by atoms with Crippen LogP contribution in [-0.2, 0) is 16.4 Å². The number of hydrogen-bond acceptors (Lipinski definition) is 2. The van der Waals surface area contributed by atoms with E-state index in [-0.39, 0.29) is 6.04 Å². The molecule has 4 rings (SSSR count). The zero-order valence-corrected chi connectivity index (χ0v) is 14.3. The number of aryl methyl sites for hydroxylation is 1. The van der Waals surface area contributed by atoms with Crippen LogP contribution in [0.25, 0.3) is 6.08 Å². The summed E-state index contributed by atoms with van der Waals surface area (Å²) < 4.78 is 28.8. The van der Waals surface area contributed by atoms with E-state index in [2.05, 4.69) is 10.8 Å². The zero-order chi connectivity index (χ0) is 16.6. The molecule has 0 aliphatic heterocycles. The van der Waals surface area contributed by atoms with Crippen molar-refractivity contribution in [2.24, 2.45) is 5.92 Å². The summed E-state index contributed by atoms with van der Waals surface area (Å²) in [6, 6.07) is 17.8. The Morgan fingerprint density at radius 3 is 2.38 bits per heavy atom. The molecule has 1 atom stereocenters. The fourth-order valence-corrected chi connectivity index (χ4v) is 4.85. The SMILES string of the molecule is O=S(=O)(N[C@@H](c1ccccc1)C1CC1)C1=Cc2ccccc2CC1.